The molecule has 0 unspecified atom stereocenters. The van der Waals surface area contributed by atoms with E-state index in [1.165, 1.54) is 11.1 Å². The van der Waals surface area contributed by atoms with Gasteiger partial charge in [0.2, 0.25) is 0 Å². The van der Waals surface area contributed by atoms with Crippen LogP contribution in [0, 0.1) is 0 Å². The predicted molar refractivity (Wildman–Crippen MR) is 54.2 cm³/mol. The highest BCUT2D eigenvalue weighted by Crippen LogP contribution is 2.28. The number of hydrogen-bond donors (Lipinski definition) is 0. The summed E-state index contributed by atoms with van der Waals surface area (Å²) in [7, 11) is 0. The highest BCUT2D eigenvalue weighted by atomic mass is 14.8. The van der Waals surface area contributed by atoms with Gasteiger partial charge in [0.25, 0.3) is 0 Å². The van der Waals surface area contributed by atoms with E-state index in [9.17, 15) is 0 Å². The summed E-state index contributed by atoms with van der Waals surface area (Å²) in [6, 6.07) is 2.10. The van der Waals surface area contributed by atoms with Gasteiger partial charge in [-0.2, -0.15) is 0 Å². The largest absolute Gasteiger partial charge is 0.286 e. The van der Waals surface area contributed by atoms with Crippen molar-refractivity contribution in [1.82, 2.24) is 4.98 Å². The van der Waals surface area contributed by atoms with Gasteiger partial charge in [-0.25, -0.2) is 0 Å². The van der Waals surface area contributed by atoms with E-state index in [4.69, 9.17) is 0 Å². The van der Waals surface area contributed by atoms with Crippen molar-refractivity contribution >= 4 is 6.21 Å². The van der Waals surface area contributed by atoms with Gasteiger partial charge in [0.05, 0.1) is 12.2 Å². The molecule has 0 fully saturated rings. The van der Waals surface area contributed by atoms with Crippen LogP contribution in [-0.2, 0) is 12.0 Å². The van der Waals surface area contributed by atoms with Gasteiger partial charge < -0.3 is 0 Å². The van der Waals surface area contributed by atoms with Gasteiger partial charge in [0, 0.05) is 18.0 Å². The van der Waals surface area contributed by atoms with Gasteiger partial charge >= 0.3 is 0 Å². The molecule has 0 N–H and O–H groups in total. The van der Waals surface area contributed by atoms with E-state index in [-0.39, 0.29) is 5.41 Å². The van der Waals surface area contributed by atoms with Crippen LogP contribution in [0.4, 0.5) is 0 Å². The standard InChI is InChI=1S/C11H14N2/c1-11(2,3)9-4-5-13-10-7-12-6-8(9)10/h4-5,7H,6H2,1-3H3. The van der Waals surface area contributed by atoms with Gasteiger partial charge in [0.1, 0.15) is 0 Å². The Morgan fingerprint density at radius 2 is 2.08 bits per heavy atom. The lowest BCUT2D eigenvalue weighted by atomic mass is 9.84. The van der Waals surface area contributed by atoms with Crippen LogP contribution in [0.25, 0.3) is 0 Å². The van der Waals surface area contributed by atoms with Crippen LogP contribution < -0.4 is 0 Å². The summed E-state index contributed by atoms with van der Waals surface area (Å²) in [6.07, 6.45) is 3.74. The summed E-state index contributed by atoms with van der Waals surface area (Å²) < 4.78 is 0. The van der Waals surface area contributed by atoms with Gasteiger partial charge in [-0.3, -0.25) is 9.98 Å². The number of aromatic nitrogens is 1. The Morgan fingerprint density at radius 3 is 2.77 bits per heavy atom. The van der Waals surface area contributed by atoms with Crippen LogP contribution in [0.2, 0.25) is 0 Å². The fraction of sp³-hybridized carbons (Fsp3) is 0.455. The molecular formula is C11H14N2. The molecule has 68 valence electrons. The lowest BCUT2D eigenvalue weighted by Gasteiger charge is -2.21. The number of nitrogens with zero attached hydrogens (tertiary/aromatic N) is 2. The van der Waals surface area contributed by atoms with Crippen LogP contribution >= 0.6 is 0 Å². The molecular weight excluding hydrogens is 160 g/mol. The van der Waals surface area contributed by atoms with E-state index >= 15 is 0 Å². The minimum atomic E-state index is 0.195. The second-order valence-corrected chi connectivity index (χ2v) is 4.44. The molecule has 0 aliphatic carbocycles. The Morgan fingerprint density at radius 1 is 1.31 bits per heavy atom. The summed E-state index contributed by atoms with van der Waals surface area (Å²) >= 11 is 0. The minimum Gasteiger partial charge on any atom is -0.286 e. The smallest absolute Gasteiger partial charge is 0.0861 e. The van der Waals surface area contributed by atoms with Crippen molar-refractivity contribution in [3.63, 3.8) is 0 Å². The second-order valence-electron chi connectivity index (χ2n) is 4.44. The number of fused-ring (bicyclic) bond motifs is 1. The number of hydrogen-bond acceptors (Lipinski definition) is 2. The molecule has 0 amide bonds. The first kappa shape index (κ1) is 8.42. The Hall–Kier alpha value is -1.18. The molecule has 1 aromatic rings. The Kier molecular flexibility index (Phi) is 1.72. The maximum absolute atomic E-state index is 4.28. The number of pyridine rings is 1. The van der Waals surface area contributed by atoms with E-state index in [0.29, 0.717) is 0 Å². The zero-order valence-corrected chi connectivity index (χ0v) is 8.33. The van der Waals surface area contributed by atoms with E-state index in [0.717, 1.165) is 12.2 Å². The summed E-state index contributed by atoms with van der Waals surface area (Å²) in [6.45, 7) is 7.47. The van der Waals surface area contributed by atoms with Crippen LogP contribution in [0.5, 0.6) is 0 Å². The molecule has 2 heteroatoms. The molecule has 13 heavy (non-hydrogen) atoms. The normalized spacial score (nSPS) is 14.7. The highest BCUT2D eigenvalue weighted by molar-refractivity contribution is 5.82. The van der Waals surface area contributed by atoms with Crippen molar-refractivity contribution in [2.75, 3.05) is 0 Å². The van der Waals surface area contributed by atoms with Gasteiger partial charge in [-0.1, -0.05) is 20.8 Å². The molecule has 0 aromatic carbocycles. The maximum Gasteiger partial charge on any atom is 0.0861 e. The first-order valence-corrected chi connectivity index (χ1v) is 4.57. The monoisotopic (exact) mass is 174 g/mol. The lowest BCUT2D eigenvalue weighted by Crippen LogP contribution is -2.14. The van der Waals surface area contributed by atoms with E-state index in [2.05, 4.69) is 36.8 Å². The van der Waals surface area contributed by atoms with Crippen molar-refractivity contribution in [1.29, 1.82) is 0 Å². The highest BCUT2D eigenvalue weighted by Gasteiger charge is 2.21. The summed E-state index contributed by atoms with van der Waals surface area (Å²) in [5.41, 5.74) is 3.92. The summed E-state index contributed by atoms with van der Waals surface area (Å²) in [5.74, 6) is 0. The van der Waals surface area contributed by atoms with Crippen LogP contribution in [-0.4, -0.2) is 11.2 Å². The van der Waals surface area contributed by atoms with Gasteiger partial charge in [0.15, 0.2) is 0 Å². The zero-order valence-electron chi connectivity index (χ0n) is 8.33. The molecule has 0 radical (unpaired) electrons. The quantitative estimate of drug-likeness (QED) is 0.592. The zero-order chi connectivity index (χ0) is 9.47. The summed E-state index contributed by atoms with van der Waals surface area (Å²) in [4.78, 5) is 8.52. The molecule has 2 rings (SSSR count). The number of aliphatic imine (C=N–C) groups is 1. The third kappa shape index (κ3) is 1.37. The van der Waals surface area contributed by atoms with Crippen LogP contribution in [0.3, 0.4) is 0 Å². The van der Waals surface area contributed by atoms with E-state index in [1.807, 2.05) is 12.4 Å². The third-order valence-corrected chi connectivity index (χ3v) is 2.36. The molecule has 0 saturated carbocycles. The first-order chi connectivity index (χ1) is 6.09. The molecule has 1 aliphatic rings. The molecule has 1 aliphatic heterocycles. The second kappa shape index (κ2) is 2.66. The number of rotatable bonds is 0. The van der Waals surface area contributed by atoms with Crippen molar-refractivity contribution < 1.29 is 0 Å². The molecule has 2 nitrogen and oxygen atoms in total. The van der Waals surface area contributed by atoms with Crippen LogP contribution in [0.15, 0.2) is 17.3 Å². The molecule has 0 saturated heterocycles. The molecule has 0 atom stereocenters. The molecule has 2 heterocycles. The van der Waals surface area contributed by atoms with Crippen molar-refractivity contribution in [2.45, 2.75) is 32.7 Å². The summed E-state index contributed by atoms with van der Waals surface area (Å²) in [5, 5.41) is 0. The topological polar surface area (TPSA) is 25.2 Å². The Balaban J connectivity index is 2.57. The SMILES string of the molecule is CC(C)(C)c1ccnc2c1CN=C2. The molecule has 0 bridgehead atoms. The minimum absolute atomic E-state index is 0.195. The third-order valence-electron chi connectivity index (χ3n) is 2.36. The average molecular weight is 174 g/mol. The molecule has 1 aromatic heterocycles. The van der Waals surface area contributed by atoms with E-state index < -0.39 is 0 Å². The Bertz CT molecular complexity index is 359. The fourth-order valence-corrected chi connectivity index (χ4v) is 1.71. The Labute approximate surface area is 78.7 Å². The first-order valence-electron chi connectivity index (χ1n) is 4.57. The molecule has 0 spiro atoms. The van der Waals surface area contributed by atoms with Crippen molar-refractivity contribution in [3.05, 3.63) is 29.1 Å². The fourth-order valence-electron chi connectivity index (χ4n) is 1.71. The van der Waals surface area contributed by atoms with Crippen molar-refractivity contribution in [3.8, 4) is 0 Å². The van der Waals surface area contributed by atoms with Crippen LogP contribution in [0.1, 0.15) is 37.6 Å². The maximum atomic E-state index is 4.28. The average Bonchev–Trinajstić information content (AvgIpc) is 2.48. The lowest BCUT2D eigenvalue weighted by molar-refractivity contribution is 0.582. The van der Waals surface area contributed by atoms with E-state index in [1.54, 1.807) is 0 Å². The van der Waals surface area contributed by atoms with Gasteiger partial charge in [-0.05, 0) is 17.0 Å². The predicted octanol–water partition coefficient (Wildman–Crippen LogP) is 2.31. The van der Waals surface area contributed by atoms with Crippen molar-refractivity contribution in [2.24, 2.45) is 4.99 Å². The van der Waals surface area contributed by atoms with Gasteiger partial charge in [-0.15, -0.1) is 0 Å².